The highest BCUT2D eigenvalue weighted by Gasteiger charge is 2.47. The topological polar surface area (TPSA) is 49.9 Å². The summed E-state index contributed by atoms with van der Waals surface area (Å²) in [4.78, 5) is 29.1. The van der Waals surface area contributed by atoms with E-state index in [2.05, 4.69) is 29.3 Å². The molecule has 154 valence electrons. The lowest BCUT2D eigenvalue weighted by molar-refractivity contribution is -0.00122. The van der Waals surface area contributed by atoms with Crippen LogP contribution in [-0.2, 0) is 11.3 Å². The van der Waals surface area contributed by atoms with Crippen LogP contribution in [0.1, 0.15) is 53.4 Å². The summed E-state index contributed by atoms with van der Waals surface area (Å²) in [7, 11) is 0. The molecule has 0 saturated carbocycles. The highest BCUT2D eigenvalue weighted by molar-refractivity contribution is 7.12. The molecule has 2 aliphatic rings. The standard InChI is InChI=1S/C23H28N2O3S/c1-17(20-6-4-3-5-7-20)13-25-16-23(28-22(25)27)8-10-24(11-9-23)14-19-12-21(18(2)26)29-15-19/h3-7,12,15,17H,8-11,13-14,16H2,1-2H3/t17-/m1/s1. The second-order valence-corrected chi connectivity index (χ2v) is 9.31. The number of ketones is 1. The molecule has 1 atom stereocenters. The maximum Gasteiger partial charge on any atom is 0.410 e. The number of nitrogens with zero attached hydrogens (tertiary/aromatic N) is 2. The highest BCUT2D eigenvalue weighted by atomic mass is 32.1. The van der Waals surface area contributed by atoms with Gasteiger partial charge in [-0.1, -0.05) is 37.3 Å². The number of rotatable bonds is 6. The number of hydrogen-bond donors (Lipinski definition) is 0. The van der Waals surface area contributed by atoms with Crippen molar-refractivity contribution in [3.8, 4) is 0 Å². The molecule has 2 saturated heterocycles. The summed E-state index contributed by atoms with van der Waals surface area (Å²) in [6.07, 6.45) is 1.54. The van der Waals surface area contributed by atoms with Gasteiger partial charge in [0.25, 0.3) is 0 Å². The molecule has 2 fully saturated rings. The van der Waals surface area contributed by atoms with Crippen LogP contribution in [0.25, 0.3) is 0 Å². The molecule has 29 heavy (non-hydrogen) atoms. The van der Waals surface area contributed by atoms with Crippen LogP contribution in [0.2, 0.25) is 0 Å². The van der Waals surface area contributed by atoms with Gasteiger partial charge in [0.05, 0.1) is 11.4 Å². The Labute approximate surface area is 176 Å². The van der Waals surface area contributed by atoms with E-state index in [0.717, 1.165) is 37.4 Å². The molecular formula is C23H28N2O3S. The van der Waals surface area contributed by atoms with E-state index in [1.165, 1.54) is 22.5 Å². The first-order valence-corrected chi connectivity index (χ1v) is 11.2. The van der Waals surface area contributed by atoms with Crippen LogP contribution in [0.4, 0.5) is 4.79 Å². The van der Waals surface area contributed by atoms with Crippen LogP contribution in [0.3, 0.4) is 0 Å². The van der Waals surface area contributed by atoms with E-state index in [9.17, 15) is 9.59 Å². The zero-order chi connectivity index (χ0) is 20.4. The van der Waals surface area contributed by atoms with Gasteiger partial charge in [-0.15, -0.1) is 11.3 Å². The van der Waals surface area contributed by atoms with Crippen LogP contribution in [-0.4, -0.2) is 53.5 Å². The number of ether oxygens (including phenoxy) is 1. The molecule has 1 aromatic carbocycles. The second kappa shape index (κ2) is 8.28. The lowest BCUT2D eigenvalue weighted by atomic mass is 9.90. The molecule has 0 aliphatic carbocycles. The smallest absolute Gasteiger partial charge is 0.410 e. The predicted molar refractivity (Wildman–Crippen MR) is 114 cm³/mol. The normalized spacial score (nSPS) is 20.1. The minimum Gasteiger partial charge on any atom is -0.441 e. The van der Waals surface area contributed by atoms with E-state index in [0.29, 0.717) is 13.1 Å². The lowest BCUT2D eigenvalue weighted by Crippen LogP contribution is -2.46. The zero-order valence-electron chi connectivity index (χ0n) is 17.1. The van der Waals surface area contributed by atoms with Gasteiger partial charge in [-0.25, -0.2) is 4.79 Å². The Balaban J connectivity index is 1.31. The molecule has 0 unspecified atom stereocenters. The molecule has 0 N–H and O–H groups in total. The van der Waals surface area contributed by atoms with Gasteiger partial charge in [0.2, 0.25) is 0 Å². The molecule has 2 aromatic rings. The van der Waals surface area contributed by atoms with Crippen LogP contribution in [0, 0.1) is 0 Å². The molecule has 3 heterocycles. The summed E-state index contributed by atoms with van der Waals surface area (Å²) in [6.45, 7) is 7.80. The molecule has 5 nitrogen and oxygen atoms in total. The van der Waals surface area contributed by atoms with E-state index in [1.807, 2.05) is 29.2 Å². The van der Waals surface area contributed by atoms with Crippen molar-refractivity contribution in [1.29, 1.82) is 0 Å². The monoisotopic (exact) mass is 412 g/mol. The third-order valence-corrected chi connectivity index (χ3v) is 7.16. The van der Waals surface area contributed by atoms with Gasteiger partial charge in [0, 0.05) is 39.0 Å². The van der Waals surface area contributed by atoms with Crippen molar-refractivity contribution in [1.82, 2.24) is 9.80 Å². The fourth-order valence-corrected chi connectivity index (χ4v) is 5.14. The summed E-state index contributed by atoms with van der Waals surface area (Å²) < 4.78 is 5.89. The molecule has 6 heteroatoms. The van der Waals surface area contributed by atoms with Crippen LogP contribution < -0.4 is 0 Å². The summed E-state index contributed by atoms with van der Waals surface area (Å²) >= 11 is 1.52. The van der Waals surface area contributed by atoms with E-state index in [4.69, 9.17) is 4.74 Å². The fraction of sp³-hybridized carbons (Fsp3) is 0.478. The Bertz CT molecular complexity index is 871. The number of piperidine rings is 1. The Morgan fingerprint density at radius 2 is 1.97 bits per heavy atom. The van der Waals surface area contributed by atoms with Crippen molar-refractivity contribution >= 4 is 23.2 Å². The Morgan fingerprint density at radius 3 is 2.62 bits per heavy atom. The SMILES string of the molecule is CC(=O)c1cc(CN2CCC3(CC2)CN(C[C@@H](C)c2ccccc2)C(=O)O3)cs1. The number of carbonyl (C=O) groups is 2. The summed E-state index contributed by atoms with van der Waals surface area (Å²) in [5.41, 5.74) is 2.10. The van der Waals surface area contributed by atoms with E-state index >= 15 is 0 Å². The first-order valence-electron chi connectivity index (χ1n) is 10.3. The van der Waals surface area contributed by atoms with Crippen LogP contribution in [0.5, 0.6) is 0 Å². The van der Waals surface area contributed by atoms with Gasteiger partial charge in [0.15, 0.2) is 5.78 Å². The number of hydrogen-bond acceptors (Lipinski definition) is 5. The Hall–Kier alpha value is -2.18. The quantitative estimate of drug-likeness (QED) is 0.654. The van der Waals surface area contributed by atoms with Gasteiger partial charge < -0.3 is 9.64 Å². The molecule has 2 aliphatic heterocycles. The molecule has 0 bridgehead atoms. The number of carbonyl (C=O) groups excluding carboxylic acids is 2. The summed E-state index contributed by atoms with van der Waals surface area (Å²) in [6, 6.07) is 12.3. The van der Waals surface area contributed by atoms with Gasteiger partial charge in [-0.2, -0.15) is 0 Å². The number of Topliss-reactive ketones (excluding diaryl/α,β-unsaturated/α-hetero) is 1. The van der Waals surface area contributed by atoms with Gasteiger partial charge in [-0.3, -0.25) is 9.69 Å². The summed E-state index contributed by atoms with van der Waals surface area (Å²) in [5, 5.41) is 2.07. The average molecular weight is 413 g/mol. The van der Waals surface area contributed by atoms with Crippen molar-refractivity contribution in [2.75, 3.05) is 26.2 Å². The number of likely N-dealkylation sites (tertiary alicyclic amines) is 1. The average Bonchev–Trinajstić information content (AvgIpc) is 3.30. The molecular weight excluding hydrogens is 384 g/mol. The second-order valence-electron chi connectivity index (χ2n) is 8.39. The molecule has 0 radical (unpaired) electrons. The maximum absolute atomic E-state index is 12.5. The Morgan fingerprint density at radius 1 is 1.24 bits per heavy atom. The van der Waals surface area contributed by atoms with Crippen molar-refractivity contribution in [2.24, 2.45) is 0 Å². The third-order valence-electron chi connectivity index (χ3n) is 6.08. The molecule has 1 aromatic heterocycles. The lowest BCUT2D eigenvalue weighted by Gasteiger charge is -2.37. The van der Waals surface area contributed by atoms with Crippen molar-refractivity contribution in [3.05, 3.63) is 57.8 Å². The van der Waals surface area contributed by atoms with Gasteiger partial charge >= 0.3 is 6.09 Å². The molecule has 4 rings (SSSR count). The first kappa shape index (κ1) is 20.1. The summed E-state index contributed by atoms with van der Waals surface area (Å²) in [5.74, 6) is 0.412. The van der Waals surface area contributed by atoms with Gasteiger partial charge in [0.1, 0.15) is 5.60 Å². The minimum absolute atomic E-state index is 0.126. The van der Waals surface area contributed by atoms with Gasteiger partial charge in [-0.05, 0) is 35.4 Å². The van der Waals surface area contributed by atoms with Crippen LogP contribution in [0.15, 0.2) is 41.8 Å². The van der Waals surface area contributed by atoms with Crippen molar-refractivity contribution < 1.29 is 14.3 Å². The van der Waals surface area contributed by atoms with Crippen molar-refractivity contribution in [3.63, 3.8) is 0 Å². The molecule has 1 amide bonds. The minimum atomic E-state index is -0.344. The molecule has 1 spiro atoms. The number of amides is 1. The fourth-order valence-electron chi connectivity index (χ4n) is 4.33. The van der Waals surface area contributed by atoms with Crippen LogP contribution >= 0.6 is 11.3 Å². The van der Waals surface area contributed by atoms with E-state index < -0.39 is 0 Å². The predicted octanol–water partition coefficient (Wildman–Crippen LogP) is 4.54. The number of benzene rings is 1. The third kappa shape index (κ3) is 4.54. The van der Waals surface area contributed by atoms with E-state index in [1.54, 1.807) is 6.92 Å². The first-order chi connectivity index (χ1) is 13.9. The van der Waals surface area contributed by atoms with E-state index in [-0.39, 0.29) is 23.4 Å². The highest BCUT2D eigenvalue weighted by Crippen LogP contribution is 2.35. The number of thiophene rings is 1. The zero-order valence-corrected chi connectivity index (χ0v) is 17.9. The largest absolute Gasteiger partial charge is 0.441 e. The Kier molecular flexibility index (Phi) is 5.74. The maximum atomic E-state index is 12.5. The van der Waals surface area contributed by atoms with Crippen molar-refractivity contribution in [2.45, 2.75) is 44.8 Å².